The van der Waals surface area contributed by atoms with E-state index in [2.05, 4.69) is 25.2 Å². The zero-order valence-corrected chi connectivity index (χ0v) is 12.8. The first-order valence-electron chi connectivity index (χ1n) is 7.30. The van der Waals surface area contributed by atoms with Gasteiger partial charge in [0.05, 0.1) is 17.9 Å². The number of aryl methyl sites for hydroxylation is 1. The summed E-state index contributed by atoms with van der Waals surface area (Å²) in [5.74, 6) is 0.886. The van der Waals surface area contributed by atoms with Crippen molar-refractivity contribution in [2.24, 2.45) is 0 Å². The fourth-order valence-electron chi connectivity index (χ4n) is 2.64. The second kappa shape index (κ2) is 6.15. The quantitative estimate of drug-likeness (QED) is 0.884. The SMILES string of the molecule is Cc1cncc(NC(=O)N2CCN(C)[C@@H](c3ncc[nH]3)C2)c1. The van der Waals surface area contributed by atoms with E-state index in [1.54, 1.807) is 24.8 Å². The first kappa shape index (κ1) is 14.5. The summed E-state index contributed by atoms with van der Waals surface area (Å²) in [4.78, 5) is 28.0. The molecule has 0 bridgehead atoms. The number of likely N-dealkylation sites (N-methyl/N-ethyl adjacent to an activating group) is 1. The van der Waals surface area contributed by atoms with Gasteiger partial charge in [0, 0.05) is 38.2 Å². The largest absolute Gasteiger partial charge is 0.347 e. The van der Waals surface area contributed by atoms with Gasteiger partial charge in [0.1, 0.15) is 5.82 Å². The summed E-state index contributed by atoms with van der Waals surface area (Å²) in [6.07, 6.45) is 6.96. The average Bonchev–Trinajstić information content (AvgIpc) is 3.01. The Morgan fingerprint density at radius 2 is 2.27 bits per heavy atom. The van der Waals surface area contributed by atoms with Crippen molar-refractivity contribution in [3.05, 3.63) is 42.2 Å². The molecule has 7 heteroatoms. The molecule has 0 radical (unpaired) electrons. The van der Waals surface area contributed by atoms with Crippen molar-refractivity contribution in [1.29, 1.82) is 0 Å². The number of imidazole rings is 1. The molecule has 7 nitrogen and oxygen atoms in total. The lowest BCUT2D eigenvalue weighted by Crippen LogP contribution is -2.50. The van der Waals surface area contributed by atoms with Crippen LogP contribution in [0.2, 0.25) is 0 Å². The third-order valence-electron chi connectivity index (χ3n) is 3.90. The first-order chi connectivity index (χ1) is 10.6. The van der Waals surface area contributed by atoms with Gasteiger partial charge in [0.15, 0.2) is 0 Å². The monoisotopic (exact) mass is 300 g/mol. The minimum absolute atomic E-state index is 0.0881. The molecule has 0 unspecified atom stereocenters. The number of nitrogens with zero attached hydrogens (tertiary/aromatic N) is 4. The second-order valence-corrected chi connectivity index (χ2v) is 5.60. The highest BCUT2D eigenvalue weighted by molar-refractivity contribution is 5.89. The smallest absolute Gasteiger partial charge is 0.321 e. The Hall–Kier alpha value is -2.41. The molecule has 0 aromatic carbocycles. The molecule has 3 rings (SSSR count). The molecular formula is C15H20N6O. The molecule has 0 aliphatic carbocycles. The molecule has 1 saturated heterocycles. The Balaban J connectivity index is 1.68. The number of amides is 2. The number of urea groups is 1. The minimum Gasteiger partial charge on any atom is -0.347 e. The highest BCUT2D eigenvalue weighted by Gasteiger charge is 2.29. The zero-order chi connectivity index (χ0) is 15.5. The molecule has 0 saturated carbocycles. The Morgan fingerprint density at radius 1 is 1.41 bits per heavy atom. The van der Waals surface area contributed by atoms with Crippen LogP contribution >= 0.6 is 0 Å². The molecule has 1 aliphatic heterocycles. The van der Waals surface area contributed by atoms with Gasteiger partial charge < -0.3 is 15.2 Å². The van der Waals surface area contributed by atoms with Gasteiger partial charge in [-0.2, -0.15) is 0 Å². The molecule has 0 spiro atoms. The number of carbonyl (C=O) groups excluding carboxylic acids is 1. The van der Waals surface area contributed by atoms with Crippen molar-refractivity contribution in [2.45, 2.75) is 13.0 Å². The van der Waals surface area contributed by atoms with Crippen molar-refractivity contribution < 1.29 is 4.79 Å². The summed E-state index contributed by atoms with van der Waals surface area (Å²) in [6, 6.07) is 1.90. The van der Waals surface area contributed by atoms with Crippen molar-refractivity contribution in [1.82, 2.24) is 24.8 Å². The Kier molecular flexibility index (Phi) is 4.06. The lowest BCUT2D eigenvalue weighted by molar-refractivity contribution is 0.112. The summed E-state index contributed by atoms with van der Waals surface area (Å²) >= 11 is 0. The second-order valence-electron chi connectivity index (χ2n) is 5.60. The van der Waals surface area contributed by atoms with Gasteiger partial charge in [0.2, 0.25) is 0 Å². The van der Waals surface area contributed by atoms with Gasteiger partial charge in [-0.15, -0.1) is 0 Å². The van der Waals surface area contributed by atoms with Crippen molar-refractivity contribution in [3.63, 3.8) is 0 Å². The lowest BCUT2D eigenvalue weighted by Gasteiger charge is -2.38. The Bertz CT molecular complexity index is 641. The summed E-state index contributed by atoms with van der Waals surface area (Å²) in [7, 11) is 2.05. The molecule has 22 heavy (non-hydrogen) atoms. The van der Waals surface area contributed by atoms with E-state index in [0.717, 1.165) is 23.6 Å². The number of hydrogen-bond donors (Lipinski definition) is 2. The summed E-state index contributed by atoms with van der Waals surface area (Å²) < 4.78 is 0. The minimum atomic E-state index is -0.0999. The van der Waals surface area contributed by atoms with Crippen LogP contribution in [0.25, 0.3) is 0 Å². The summed E-state index contributed by atoms with van der Waals surface area (Å²) in [5, 5.41) is 2.91. The van der Waals surface area contributed by atoms with Crippen LogP contribution in [0.5, 0.6) is 0 Å². The standard InChI is InChI=1S/C15H20N6O/c1-11-7-12(9-16-8-11)19-15(22)21-6-5-20(2)13(10-21)14-17-3-4-18-14/h3-4,7-9,13H,5-6,10H2,1-2H3,(H,17,18)(H,19,22)/t13-/m1/s1. The molecular weight excluding hydrogens is 280 g/mol. The highest BCUT2D eigenvalue weighted by Crippen LogP contribution is 2.21. The van der Waals surface area contributed by atoms with E-state index in [9.17, 15) is 4.79 Å². The molecule has 1 aliphatic rings. The van der Waals surface area contributed by atoms with E-state index in [1.165, 1.54) is 0 Å². The number of nitrogens with one attached hydrogen (secondary N) is 2. The number of aromatic amines is 1. The van der Waals surface area contributed by atoms with Crippen LogP contribution in [0.4, 0.5) is 10.5 Å². The average molecular weight is 300 g/mol. The third kappa shape index (κ3) is 3.09. The molecule has 2 aromatic heterocycles. The van der Waals surface area contributed by atoms with Crippen LogP contribution in [0.15, 0.2) is 30.9 Å². The van der Waals surface area contributed by atoms with E-state index in [1.807, 2.05) is 24.9 Å². The van der Waals surface area contributed by atoms with Crippen LogP contribution in [-0.2, 0) is 0 Å². The Labute approximate surface area is 129 Å². The fourth-order valence-corrected chi connectivity index (χ4v) is 2.64. The van der Waals surface area contributed by atoms with Crippen LogP contribution in [0.3, 0.4) is 0 Å². The van der Waals surface area contributed by atoms with Crippen LogP contribution in [0, 0.1) is 6.92 Å². The number of piperazine rings is 1. The highest BCUT2D eigenvalue weighted by atomic mass is 16.2. The molecule has 1 atom stereocenters. The maximum absolute atomic E-state index is 12.4. The van der Waals surface area contributed by atoms with E-state index in [4.69, 9.17) is 0 Å². The summed E-state index contributed by atoms with van der Waals surface area (Å²) in [5.41, 5.74) is 1.74. The van der Waals surface area contributed by atoms with Gasteiger partial charge >= 0.3 is 6.03 Å². The number of aromatic nitrogens is 3. The predicted octanol–water partition coefficient (Wildman–Crippen LogP) is 1.63. The summed E-state index contributed by atoms with van der Waals surface area (Å²) in [6.45, 7) is 4.06. The van der Waals surface area contributed by atoms with Gasteiger partial charge in [0.25, 0.3) is 0 Å². The van der Waals surface area contributed by atoms with E-state index < -0.39 is 0 Å². The fraction of sp³-hybridized carbons (Fsp3) is 0.400. The van der Waals surface area contributed by atoms with Crippen molar-refractivity contribution >= 4 is 11.7 Å². The number of anilines is 1. The number of pyridine rings is 1. The number of hydrogen-bond acceptors (Lipinski definition) is 4. The van der Waals surface area contributed by atoms with E-state index in [-0.39, 0.29) is 12.1 Å². The van der Waals surface area contributed by atoms with Crippen LogP contribution in [0.1, 0.15) is 17.4 Å². The van der Waals surface area contributed by atoms with Crippen LogP contribution in [-0.4, -0.2) is 57.5 Å². The number of H-pyrrole nitrogens is 1. The Morgan fingerprint density at radius 3 is 3.00 bits per heavy atom. The molecule has 116 valence electrons. The maximum Gasteiger partial charge on any atom is 0.321 e. The number of rotatable bonds is 2. The maximum atomic E-state index is 12.4. The topological polar surface area (TPSA) is 77.2 Å². The third-order valence-corrected chi connectivity index (χ3v) is 3.90. The van der Waals surface area contributed by atoms with Crippen molar-refractivity contribution in [3.8, 4) is 0 Å². The van der Waals surface area contributed by atoms with E-state index in [0.29, 0.717) is 13.1 Å². The predicted molar refractivity (Wildman–Crippen MR) is 83.5 cm³/mol. The molecule has 2 aromatic rings. The number of carbonyl (C=O) groups is 1. The first-order valence-corrected chi connectivity index (χ1v) is 7.30. The van der Waals surface area contributed by atoms with Gasteiger partial charge in [-0.1, -0.05) is 0 Å². The molecule has 2 N–H and O–H groups in total. The van der Waals surface area contributed by atoms with Crippen LogP contribution < -0.4 is 5.32 Å². The van der Waals surface area contributed by atoms with Crippen molar-refractivity contribution in [2.75, 3.05) is 32.0 Å². The molecule has 1 fully saturated rings. The molecule has 3 heterocycles. The normalized spacial score (nSPS) is 19.2. The molecule has 2 amide bonds. The zero-order valence-electron chi connectivity index (χ0n) is 12.8. The van der Waals surface area contributed by atoms with Gasteiger partial charge in [-0.05, 0) is 25.6 Å². The van der Waals surface area contributed by atoms with Gasteiger partial charge in [-0.25, -0.2) is 9.78 Å². The lowest BCUT2D eigenvalue weighted by atomic mass is 10.1. The van der Waals surface area contributed by atoms with Gasteiger partial charge in [-0.3, -0.25) is 9.88 Å². The van der Waals surface area contributed by atoms with E-state index >= 15 is 0 Å².